The minimum atomic E-state index is -0.633. The van der Waals surface area contributed by atoms with Gasteiger partial charge in [0.1, 0.15) is 0 Å². The van der Waals surface area contributed by atoms with E-state index < -0.39 is 17.9 Å². The molecule has 1 heterocycles. The molecule has 3 unspecified atom stereocenters. The van der Waals surface area contributed by atoms with Gasteiger partial charge in [-0.3, -0.25) is 0 Å². The lowest BCUT2D eigenvalue weighted by molar-refractivity contribution is -0.137. The van der Waals surface area contributed by atoms with E-state index >= 15 is 0 Å². The van der Waals surface area contributed by atoms with Crippen molar-refractivity contribution in [1.82, 2.24) is 5.32 Å². The van der Waals surface area contributed by atoms with E-state index in [-0.39, 0.29) is 5.92 Å². The molecule has 1 aliphatic carbocycles. The van der Waals surface area contributed by atoms with Gasteiger partial charge < -0.3 is 14.8 Å². The summed E-state index contributed by atoms with van der Waals surface area (Å²) in [5.74, 6) is -1.17. The summed E-state index contributed by atoms with van der Waals surface area (Å²) in [7, 11) is 2.69. The van der Waals surface area contributed by atoms with E-state index in [2.05, 4.69) is 17.4 Å². The van der Waals surface area contributed by atoms with Gasteiger partial charge in [0.2, 0.25) is 0 Å². The van der Waals surface area contributed by atoms with Crippen LogP contribution in [0.4, 0.5) is 0 Å². The predicted molar refractivity (Wildman–Crippen MR) is 118 cm³/mol. The molecule has 2 aliphatic rings. The maximum Gasteiger partial charge on any atom is 0.336 e. The maximum atomic E-state index is 13.1. The summed E-state index contributed by atoms with van der Waals surface area (Å²) in [6.45, 7) is 1.83. The fourth-order valence-corrected chi connectivity index (χ4v) is 4.66. The third kappa shape index (κ3) is 3.98. The van der Waals surface area contributed by atoms with Gasteiger partial charge in [0.05, 0.1) is 31.3 Å². The molecule has 4 rings (SSSR count). The third-order valence-electron chi connectivity index (χ3n) is 5.98. The molecular weight excluding hydrogens is 414 g/mol. The van der Waals surface area contributed by atoms with Gasteiger partial charge in [-0.1, -0.05) is 54.1 Å². The van der Waals surface area contributed by atoms with E-state index in [1.165, 1.54) is 19.8 Å². The van der Waals surface area contributed by atoms with Crippen molar-refractivity contribution >= 4 is 23.5 Å². The van der Waals surface area contributed by atoms with Gasteiger partial charge in [0, 0.05) is 22.3 Å². The van der Waals surface area contributed by atoms with Crippen molar-refractivity contribution in [3.63, 3.8) is 0 Å². The van der Waals surface area contributed by atoms with E-state index in [4.69, 9.17) is 21.1 Å². The number of hydrogen-bond donors (Lipinski definition) is 1. The molecule has 2 aromatic carbocycles. The lowest BCUT2D eigenvalue weighted by Crippen LogP contribution is -2.33. The quantitative estimate of drug-likeness (QED) is 0.686. The van der Waals surface area contributed by atoms with E-state index in [9.17, 15) is 9.59 Å². The van der Waals surface area contributed by atoms with Gasteiger partial charge in [-0.2, -0.15) is 0 Å². The molecule has 0 spiro atoms. The van der Waals surface area contributed by atoms with Gasteiger partial charge in [-0.25, -0.2) is 9.59 Å². The van der Waals surface area contributed by atoms with Crippen LogP contribution in [0.5, 0.6) is 0 Å². The molecule has 160 valence electrons. The second kappa shape index (κ2) is 8.60. The highest BCUT2D eigenvalue weighted by atomic mass is 35.5. The van der Waals surface area contributed by atoms with Gasteiger partial charge >= 0.3 is 11.9 Å². The predicted octanol–water partition coefficient (Wildman–Crippen LogP) is 4.70. The summed E-state index contributed by atoms with van der Waals surface area (Å²) in [4.78, 5) is 25.8. The van der Waals surface area contributed by atoms with Crippen LogP contribution in [0.25, 0.3) is 0 Å². The average molecular weight is 438 g/mol. The molecule has 1 fully saturated rings. The van der Waals surface area contributed by atoms with Crippen LogP contribution in [0.1, 0.15) is 36.3 Å². The van der Waals surface area contributed by atoms with Gasteiger partial charge in [0.15, 0.2) is 0 Å². The van der Waals surface area contributed by atoms with E-state index in [1.54, 1.807) is 12.1 Å². The highest BCUT2D eigenvalue weighted by molar-refractivity contribution is 6.30. The number of methoxy groups -OCH3 is 2. The fraction of sp³-hybridized carbons (Fsp3) is 0.280. The van der Waals surface area contributed by atoms with Crippen molar-refractivity contribution in [2.24, 2.45) is 5.92 Å². The smallest absolute Gasteiger partial charge is 0.336 e. The Morgan fingerprint density at radius 2 is 1.55 bits per heavy atom. The molecule has 6 heteroatoms. The summed E-state index contributed by atoms with van der Waals surface area (Å²) in [5.41, 5.74) is 4.24. The molecule has 0 aromatic heterocycles. The van der Waals surface area contributed by atoms with Gasteiger partial charge in [-0.15, -0.1) is 0 Å². The second-order valence-corrected chi connectivity index (χ2v) is 8.26. The largest absolute Gasteiger partial charge is 0.466 e. The number of nitrogens with one attached hydrogen (secondary N) is 1. The highest BCUT2D eigenvalue weighted by Gasteiger charge is 2.48. The highest BCUT2D eigenvalue weighted by Crippen LogP contribution is 2.54. The first kappa shape index (κ1) is 21.2. The first-order valence-corrected chi connectivity index (χ1v) is 10.5. The van der Waals surface area contributed by atoms with Crippen LogP contribution in [0, 0.1) is 5.92 Å². The van der Waals surface area contributed by atoms with Crippen molar-refractivity contribution in [2.45, 2.75) is 25.2 Å². The fourth-order valence-electron chi connectivity index (χ4n) is 4.47. The van der Waals surface area contributed by atoms with Crippen molar-refractivity contribution < 1.29 is 19.1 Å². The topological polar surface area (TPSA) is 64.6 Å². The lowest BCUT2D eigenvalue weighted by atomic mass is 9.79. The standard InChI is InChI=1S/C25H24ClNO4/c1-14-20(24(28)30-2)21(16-10-7-11-17(26)12-16)22(25(29)31-3)23(27-14)19-13-18(19)15-8-5-4-6-9-15/h4-12,18-19,21,27H,13H2,1-3H3. The molecule has 0 amide bonds. The lowest BCUT2D eigenvalue weighted by Gasteiger charge is -2.31. The number of carbonyl (C=O) groups is 2. The van der Waals surface area contributed by atoms with Crippen molar-refractivity contribution in [2.75, 3.05) is 14.2 Å². The van der Waals surface area contributed by atoms with E-state index in [1.807, 2.05) is 37.3 Å². The summed E-state index contributed by atoms with van der Waals surface area (Å²) >= 11 is 6.26. The van der Waals surface area contributed by atoms with Crippen molar-refractivity contribution in [3.05, 3.63) is 93.3 Å². The number of allylic oxidation sites excluding steroid dienone is 2. The molecule has 2 aromatic rings. The SMILES string of the molecule is COC(=O)C1=C(C)NC(C2CC2c2ccccc2)=C(C(=O)OC)C1c1cccc(Cl)c1. The van der Waals surface area contributed by atoms with Crippen LogP contribution in [-0.4, -0.2) is 26.2 Å². The Morgan fingerprint density at radius 1 is 0.903 bits per heavy atom. The summed E-state index contributed by atoms with van der Waals surface area (Å²) < 4.78 is 10.2. The zero-order valence-corrected chi connectivity index (χ0v) is 18.4. The second-order valence-electron chi connectivity index (χ2n) is 7.82. The first-order chi connectivity index (χ1) is 15.0. The third-order valence-corrected chi connectivity index (χ3v) is 6.21. The Hall–Kier alpha value is -3.05. The van der Waals surface area contributed by atoms with Crippen LogP contribution >= 0.6 is 11.6 Å². The van der Waals surface area contributed by atoms with Crippen molar-refractivity contribution in [1.29, 1.82) is 0 Å². The van der Waals surface area contributed by atoms with Crippen LogP contribution in [0.3, 0.4) is 0 Å². The number of rotatable bonds is 5. The van der Waals surface area contributed by atoms with Crippen LogP contribution in [0.2, 0.25) is 5.02 Å². The molecule has 3 atom stereocenters. The van der Waals surface area contributed by atoms with E-state index in [0.717, 1.165) is 17.7 Å². The number of halogens is 1. The zero-order chi connectivity index (χ0) is 22.1. The number of hydrogen-bond acceptors (Lipinski definition) is 5. The molecule has 1 aliphatic heterocycles. The molecule has 1 N–H and O–H groups in total. The van der Waals surface area contributed by atoms with Gasteiger partial charge in [-0.05, 0) is 42.5 Å². The summed E-state index contributed by atoms with van der Waals surface area (Å²) in [6.07, 6.45) is 0.913. The minimum Gasteiger partial charge on any atom is -0.466 e. The van der Waals surface area contributed by atoms with Gasteiger partial charge in [0.25, 0.3) is 0 Å². The zero-order valence-electron chi connectivity index (χ0n) is 17.6. The minimum absolute atomic E-state index is 0.132. The molecule has 0 saturated heterocycles. The Morgan fingerprint density at radius 3 is 2.19 bits per heavy atom. The Balaban J connectivity index is 1.86. The Labute approximate surface area is 186 Å². The number of dihydropyridines is 1. The van der Waals surface area contributed by atoms with Crippen molar-refractivity contribution in [3.8, 4) is 0 Å². The number of benzene rings is 2. The average Bonchev–Trinajstić information content (AvgIpc) is 3.59. The summed E-state index contributed by atoms with van der Waals surface area (Å²) in [5, 5.41) is 3.87. The molecule has 31 heavy (non-hydrogen) atoms. The molecule has 0 radical (unpaired) electrons. The number of carbonyl (C=O) groups excluding carboxylic acids is 2. The van der Waals surface area contributed by atoms with E-state index in [0.29, 0.717) is 27.8 Å². The van der Waals surface area contributed by atoms with Crippen LogP contribution in [-0.2, 0) is 19.1 Å². The molecule has 1 saturated carbocycles. The monoisotopic (exact) mass is 437 g/mol. The Kier molecular flexibility index (Phi) is 5.88. The number of esters is 2. The van der Waals surface area contributed by atoms with Crippen LogP contribution < -0.4 is 5.32 Å². The van der Waals surface area contributed by atoms with Crippen LogP contribution in [0.15, 0.2) is 77.1 Å². The summed E-state index contributed by atoms with van der Waals surface area (Å²) in [6, 6.07) is 17.4. The molecular formula is C25H24ClNO4. The maximum absolute atomic E-state index is 13.1. The molecule has 5 nitrogen and oxygen atoms in total. The molecule has 0 bridgehead atoms. The normalized spacial score (nSPS) is 22.6. The Bertz CT molecular complexity index is 1090. The number of ether oxygens (including phenoxy) is 2. The first-order valence-electron chi connectivity index (χ1n) is 10.1.